The number of rotatable bonds is 13. The maximum Gasteiger partial charge on any atom is 0.251 e. The molecule has 7 nitrogen and oxygen atoms in total. The molecule has 0 aliphatic heterocycles. The fraction of sp³-hybridized carbons (Fsp3) is 0.333. The van der Waals surface area contributed by atoms with Crippen molar-refractivity contribution in [3.63, 3.8) is 0 Å². The van der Waals surface area contributed by atoms with Gasteiger partial charge in [-0.3, -0.25) is 9.59 Å². The van der Waals surface area contributed by atoms with E-state index >= 15 is 0 Å². The van der Waals surface area contributed by atoms with Crippen LogP contribution >= 0.6 is 0 Å². The molecule has 0 atom stereocenters. The number of carbonyl (C=O) groups is 2. The van der Waals surface area contributed by atoms with Crippen LogP contribution < -0.4 is 20.7 Å². The van der Waals surface area contributed by atoms with Gasteiger partial charge in [-0.2, -0.15) is 0 Å². The Morgan fingerprint density at radius 1 is 0.865 bits per heavy atom. The molecule has 7 heteroatoms. The third-order valence-corrected chi connectivity index (χ3v) is 6.34. The van der Waals surface area contributed by atoms with Gasteiger partial charge in [0.1, 0.15) is 5.75 Å². The van der Waals surface area contributed by atoms with E-state index in [1.807, 2.05) is 55.5 Å². The molecule has 3 N–H and O–H groups in total. The molecular formula is C30H38N4O3. The van der Waals surface area contributed by atoms with Crippen molar-refractivity contribution >= 4 is 23.2 Å². The topological polar surface area (TPSA) is 82.7 Å². The Balaban J connectivity index is 1.50. The van der Waals surface area contributed by atoms with Gasteiger partial charge < -0.3 is 25.6 Å². The third-order valence-electron chi connectivity index (χ3n) is 6.34. The summed E-state index contributed by atoms with van der Waals surface area (Å²) in [7, 11) is 1.58. The van der Waals surface area contributed by atoms with Crippen LogP contribution in [-0.4, -0.2) is 50.0 Å². The lowest BCUT2D eigenvalue weighted by Crippen LogP contribution is -2.29. The normalized spacial score (nSPS) is 10.7. The van der Waals surface area contributed by atoms with Gasteiger partial charge >= 0.3 is 0 Å². The monoisotopic (exact) mass is 502 g/mol. The van der Waals surface area contributed by atoms with Gasteiger partial charge in [0, 0.05) is 35.6 Å². The molecule has 37 heavy (non-hydrogen) atoms. The minimum absolute atomic E-state index is 0.0467. The number of carbonyl (C=O) groups excluding carboxylic acids is 2. The number of nitrogens with zero attached hydrogens (tertiary/aromatic N) is 1. The lowest BCUT2D eigenvalue weighted by Gasteiger charge is -2.17. The molecule has 0 bridgehead atoms. The number of benzene rings is 3. The predicted molar refractivity (Wildman–Crippen MR) is 150 cm³/mol. The van der Waals surface area contributed by atoms with Crippen LogP contribution in [0, 0.1) is 6.92 Å². The molecule has 0 saturated carbocycles. The second-order valence-electron chi connectivity index (χ2n) is 8.90. The Labute approximate surface area is 220 Å². The van der Waals surface area contributed by atoms with E-state index < -0.39 is 0 Å². The van der Waals surface area contributed by atoms with Crippen LogP contribution in [0.3, 0.4) is 0 Å². The summed E-state index contributed by atoms with van der Waals surface area (Å²) in [5.74, 6) is 0.456. The van der Waals surface area contributed by atoms with Crippen molar-refractivity contribution in [2.45, 2.75) is 33.7 Å². The standard InChI is InChI=1S/C30H38N4O3/c1-5-34(6-2)18-8-17-31-29(35)25-13-16-28(22(3)19-25)33-26-14-11-23(12-15-26)21-32-30(36)24-9-7-10-27(20-24)37-4/h7,9-16,19-20,33H,5-6,8,17-18,21H2,1-4H3,(H,31,35)(H,32,36). The highest BCUT2D eigenvalue weighted by molar-refractivity contribution is 5.95. The summed E-state index contributed by atoms with van der Waals surface area (Å²) in [4.78, 5) is 27.3. The summed E-state index contributed by atoms with van der Waals surface area (Å²) in [6.07, 6.45) is 0.937. The fourth-order valence-corrected chi connectivity index (χ4v) is 4.00. The van der Waals surface area contributed by atoms with Crippen molar-refractivity contribution in [3.8, 4) is 5.75 Å². The molecule has 0 fully saturated rings. The Morgan fingerprint density at radius 2 is 1.57 bits per heavy atom. The van der Waals surface area contributed by atoms with Gasteiger partial charge in [-0.05, 0) is 92.6 Å². The van der Waals surface area contributed by atoms with E-state index in [9.17, 15) is 9.59 Å². The minimum atomic E-state index is -0.148. The lowest BCUT2D eigenvalue weighted by molar-refractivity contribution is 0.0943. The summed E-state index contributed by atoms with van der Waals surface area (Å²) in [6, 6.07) is 20.7. The quantitative estimate of drug-likeness (QED) is 0.282. The average Bonchev–Trinajstić information content (AvgIpc) is 2.93. The molecule has 0 aliphatic carbocycles. The molecule has 196 valence electrons. The van der Waals surface area contributed by atoms with Gasteiger partial charge in [0.05, 0.1) is 7.11 Å². The van der Waals surface area contributed by atoms with Gasteiger partial charge in [-0.25, -0.2) is 0 Å². The van der Waals surface area contributed by atoms with Crippen molar-refractivity contribution in [1.29, 1.82) is 0 Å². The summed E-state index contributed by atoms with van der Waals surface area (Å²) >= 11 is 0. The van der Waals surface area contributed by atoms with Gasteiger partial charge in [0.2, 0.25) is 0 Å². The van der Waals surface area contributed by atoms with E-state index in [-0.39, 0.29) is 11.8 Å². The van der Waals surface area contributed by atoms with Crippen LogP contribution in [0.1, 0.15) is 52.1 Å². The number of hydrogen-bond acceptors (Lipinski definition) is 5. The van der Waals surface area contributed by atoms with Crippen molar-refractivity contribution in [2.75, 3.05) is 38.6 Å². The molecule has 0 unspecified atom stereocenters. The van der Waals surface area contributed by atoms with Gasteiger partial charge in [-0.15, -0.1) is 0 Å². The first-order chi connectivity index (χ1) is 17.9. The SMILES string of the molecule is CCN(CC)CCCNC(=O)c1ccc(Nc2ccc(CNC(=O)c3cccc(OC)c3)cc2)c(C)c1. The third kappa shape index (κ3) is 8.36. The molecule has 0 aromatic heterocycles. The minimum Gasteiger partial charge on any atom is -0.497 e. The summed E-state index contributed by atoms with van der Waals surface area (Å²) in [5.41, 5.74) is 5.08. The maximum atomic E-state index is 12.5. The molecule has 3 aromatic rings. The van der Waals surface area contributed by atoms with Crippen LogP contribution in [0.5, 0.6) is 5.75 Å². The van der Waals surface area contributed by atoms with E-state index in [4.69, 9.17) is 4.74 Å². The van der Waals surface area contributed by atoms with Crippen molar-refractivity contribution < 1.29 is 14.3 Å². The van der Waals surface area contributed by atoms with Crippen LogP contribution in [0.25, 0.3) is 0 Å². The molecule has 0 saturated heterocycles. The highest BCUT2D eigenvalue weighted by atomic mass is 16.5. The van der Waals surface area contributed by atoms with E-state index in [2.05, 4.69) is 34.7 Å². The molecule has 3 aromatic carbocycles. The number of anilines is 2. The second kappa shape index (κ2) is 14.0. The number of hydrogen-bond donors (Lipinski definition) is 3. The number of aryl methyl sites for hydroxylation is 1. The van der Waals surface area contributed by atoms with Crippen molar-refractivity contribution in [3.05, 3.63) is 89.0 Å². The van der Waals surface area contributed by atoms with Crippen LogP contribution in [0.4, 0.5) is 11.4 Å². The molecule has 0 spiro atoms. The zero-order valence-electron chi connectivity index (χ0n) is 22.3. The zero-order chi connectivity index (χ0) is 26.6. The van der Waals surface area contributed by atoms with Gasteiger partial charge in [0.25, 0.3) is 11.8 Å². The molecule has 3 rings (SSSR count). The average molecular weight is 503 g/mol. The van der Waals surface area contributed by atoms with E-state index in [0.29, 0.717) is 30.0 Å². The Kier molecular flexibility index (Phi) is 10.5. The summed E-state index contributed by atoms with van der Waals surface area (Å²) in [5, 5.41) is 9.36. The van der Waals surface area contributed by atoms with Gasteiger partial charge in [-0.1, -0.05) is 32.0 Å². The van der Waals surface area contributed by atoms with E-state index in [1.165, 1.54) is 0 Å². The molecule has 2 amide bonds. The Hall–Kier alpha value is -3.84. The Bertz CT molecular complexity index is 1170. The smallest absolute Gasteiger partial charge is 0.251 e. The van der Waals surface area contributed by atoms with Crippen LogP contribution in [0.2, 0.25) is 0 Å². The number of methoxy groups -OCH3 is 1. The van der Waals surface area contributed by atoms with Crippen molar-refractivity contribution in [2.24, 2.45) is 0 Å². The number of amides is 2. The summed E-state index contributed by atoms with van der Waals surface area (Å²) in [6.45, 7) is 10.4. The highest BCUT2D eigenvalue weighted by Gasteiger charge is 2.09. The molecule has 0 heterocycles. The summed E-state index contributed by atoms with van der Waals surface area (Å²) < 4.78 is 5.18. The molecule has 0 radical (unpaired) electrons. The van der Waals surface area contributed by atoms with Crippen molar-refractivity contribution in [1.82, 2.24) is 15.5 Å². The number of ether oxygens (including phenoxy) is 1. The van der Waals surface area contributed by atoms with Crippen LogP contribution in [0.15, 0.2) is 66.7 Å². The van der Waals surface area contributed by atoms with Gasteiger partial charge in [0.15, 0.2) is 0 Å². The first-order valence-electron chi connectivity index (χ1n) is 12.8. The first-order valence-corrected chi connectivity index (χ1v) is 12.8. The largest absolute Gasteiger partial charge is 0.497 e. The zero-order valence-corrected chi connectivity index (χ0v) is 22.3. The molecule has 0 aliphatic rings. The number of nitrogens with one attached hydrogen (secondary N) is 3. The highest BCUT2D eigenvalue weighted by Crippen LogP contribution is 2.22. The predicted octanol–water partition coefficient (Wildman–Crippen LogP) is 5.14. The Morgan fingerprint density at radius 3 is 2.24 bits per heavy atom. The second-order valence-corrected chi connectivity index (χ2v) is 8.90. The first kappa shape index (κ1) is 27.7. The van der Waals surface area contributed by atoms with E-state index in [1.54, 1.807) is 25.3 Å². The maximum absolute atomic E-state index is 12.5. The van der Waals surface area contributed by atoms with E-state index in [0.717, 1.165) is 48.6 Å². The molecular weight excluding hydrogens is 464 g/mol. The fourth-order valence-electron chi connectivity index (χ4n) is 4.00. The van der Waals surface area contributed by atoms with Crippen LogP contribution in [-0.2, 0) is 6.54 Å². The lowest BCUT2D eigenvalue weighted by atomic mass is 10.1.